The van der Waals surface area contributed by atoms with Crippen molar-refractivity contribution in [1.29, 1.82) is 0 Å². The molecule has 1 N–H and O–H groups in total. The minimum absolute atomic E-state index is 0.000527. The summed E-state index contributed by atoms with van der Waals surface area (Å²) < 4.78 is 0.938. The Morgan fingerprint density at radius 1 is 0.962 bits per heavy atom. The molecular weight excluding hydrogens is 398 g/mol. The second kappa shape index (κ2) is 8.66. The Bertz CT molecular complexity index is 663. The van der Waals surface area contributed by atoms with Gasteiger partial charge in [0.2, 0.25) is 11.8 Å². The first-order valence-electron chi connectivity index (χ1n) is 9.15. The summed E-state index contributed by atoms with van der Waals surface area (Å²) in [6.07, 6.45) is 3.35. The van der Waals surface area contributed by atoms with Crippen LogP contribution in [0.15, 0.2) is 28.7 Å². The highest BCUT2D eigenvalue weighted by molar-refractivity contribution is 9.10. The number of amides is 3. The van der Waals surface area contributed by atoms with Crippen molar-refractivity contribution in [2.24, 2.45) is 5.92 Å². The van der Waals surface area contributed by atoms with E-state index in [1.807, 2.05) is 12.1 Å². The monoisotopic (exact) mass is 421 g/mol. The van der Waals surface area contributed by atoms with Gasteiger partial charge >= 0.3 is 0 Å². The molecule has 26 heavy (non-hydrogen) atoms. The minimum Gasteiger partial charge on any atom is -0.347 e. The van der Waals surface area contributed by atoms with Crippen molar-refractivity contribution in [3.05, 3.63) is 34.3 Å². The quantitative estimate of drug-likeness (QED) is 0.808. The van der Waals surface area contributed by atoms with E-state index >= 15 is 0 Å². The van der Waals surface area contributed by atoms with Gasteiger partial charge in [-0.3, -0.25) is 14.4 Å². The number of halogens is 1. The lowest BCUT2D eigenvalue weighted by atomic mass is 9.95. The molecule has 7 heteroatoms. The molecule has 2 fully saturated rings. The number of nitrogens with one attached hydrogen (secondary N) is 1. The highest BCUT2D eigenvalue weighted by atomic mass is 79.9. The van der Waals surface area contributed by atoms with Crippen molar-refractivity contribution >= 4 is 33.7 Å². The number of carbonyl (C=O) groups is 3. The molecule has 6 nitrogen and oxygen atoms in total. The van der Waals surface area contributed by atoms with E-state index < -0.39 is 0 Å². The van der Waals surface area contributed by atoms with Gasteiger partial charge in [0.15, 0.2) is 0 Å². The average Bonchev–Trinajstić information content (AvgIpc) is 3.21. The number of benzene rings is 1. The van der Waals surface area contributed by atoms with Gasteiger partial charge in [-0.05, 0) is 49.9 Å². The minimum atomic E-state index is -0.129. The summed E-state index contributed by atoms with van der Waals surface area (Å²) in [4.78, 5) is 40.4. The van der Waals surface area contributed by atoms with Gasteiger partial charge in [-0.1, -0.05) is 15.9 Å². The molecule has 0 aliphatic carbocycles. The zero-order chi connectivity index (χ0) is 18.5. The van der Waals surface area contributed by atoms with Gasteiger partial charge in [0.1, 0.15) is 0 Å². The Balaban J connectivity index is 1.44. The Labute approximate surface area is 162 Å². The van der Waals surface area contributed by atoms with Gasteiger partial charge in [0.25, 0.3) is 5.91 Å². The van der Waals surface area contributed by atoms with E-state index in [1.165, 1.54) is 0 Å². The van der Waals surface area contributed by atoms with Crippen molar-refractivity contribution in [2.45, 2.75) is 25.7 Å². The molecule has 3 rings (SSSR count). The summed E-state index contributed by atoms with van der Waals surface area (Å²) in [6, 6.07) is 7.31. The molecule has 1 aromatic rings. The highest BCUT2D eigenvalue weighted by Crippen LogP contribution is 2.20. The Morgan fingerprint density at radius 2 is 1.58 bits per heavy atom. The topological polar surface area (TPSA) is 69.7 Å². The number of piperidine rings is 1. The molecule has 0 aromatic heterocycles. The summed E-state index contributed by atoms with van der Waals surface area (Å²) in [7, 11) is 0. The molecule has 0 unspecified atom stereocenters. The molecule has 1 aromatic carbocycles. The van der Waals surface area contributed by atoms with Crippen LogP contribution in [0.5, 0.6) is 0 Å². The van der Waals surface area contributed by atoms with Gasteiger partial charge in [-0.2, -0.15) is 0 Å². The van der Waals surface area contributed by atoms with Crippen LogP contribution in [0.25, 0.3) is 0 Å². The second-order valence-corrected chi connectivity index (χ2v) is 7.79. The van der Waals surface area contributed by atoms with Gasteiger partial charge in [0.05, 0.1) is 6.54 Å². The first-order valence-corrected chi connectivity index (χ1v) is 9.94. The molecule has 0 bridgehead atoms. The third-order valence-electron chi connectivity index (χ3n) is 5.12. The Morgan fingerprint density at radius 3 is 2.19 bits per heavy atom. The third kappa shape index (κ3) is 4.63. The van der Waals surface area contributed by atoms with Crippen LogP contribution in [-0.4, -0.2) is 60.2 Å². The second-order valence-electron chi connectivity index (χ2n) is 6.88. The predicted molar refractivity (Wildman–Crippen MR) is 102 cm³/mol. The van der Waals surface area contributed by atoms with Gasteiger partial charge in [0, 0.05) is 42.1 Å². The van der Waals surface area contributed by atoms with Crippen molar-refractivity contribution < 1.29 is 14.4 Å². The average molecular weight is 422 g/mol. The smallest absolute Gasteiger partial charge is 0.253 e. The van der Waals surface area contributed by atoms with E-state index in [4.69, 9.17) is 0 Å². The van der Waals surface area contributed by atoms with Gasteiger partial charge in [-0.25, -0.2) is 0 Å². The fourth-order valence-corrected chi connectivity index (χ4v) is 3.77. The van der Waals surface area contributed by atoms with Crippen LogP contribution >= 0.6 is 15.9 Å². The van der Waals surface area contributed by atoms with E-state index in [0.717, 1.165) is 30.4 Å². The van der Waals surface area contributed by atoms with E-state index in [2.05, 4.69) is 21.2 Å². The fraction of sp³-hybridized carbons (Fsp3) is 0.526. The lowest BCUT2D eigenvalue weighted by Crippen LogP contribution is -2.45. The van der Waals surface area contributed by atoms with E-state index in [0.29, 0.717) is 31.5 Å². The summed E-state index contributed by atoms with van der Waals surface area (Å²) in [5.74, 6) is -0.206. The van der Waals surface area contributed by atoms with Gasteiger partial charge in [-0.15, -0.1) is 0 Å². The van der Waals surface area contributed by atoms with Crippen molar-refractivity contribution in [3.63, 3.8) is 0 Å². The van der Waals surface area contributed by atoms with Crippen LogP contribution in [-0.2, 0) is 9.59 Å². The predicted octanol–water partition coefficient (Wildman–Crippen LogP) is 2.04. The van der Waals surface area contributed by atoms with Crippen LogP contribution in [0.2, 0.25) is 0 Å². The molecular formula is C19H24BrN3O3. The zero-order valence-corrected chi connectivity index (χ0v) is 16.3. The maximum Gasteiger partial charge on any atom is 0.253 e. The largest absolute Gasteiger partial charge is 0.347 e. The number of likely N-dealkylation sites (tertiary alicyclic amines) is 2. The number of hydrogen-bond donors (Lipinski definition) is 1. The maximum atomic E-state index is 12.5. The molecule has 2 saturated heterocycles. The summed E-state index contributed by atoms with van der Waals surface area (Å²) in [5, 5.41) is 2.77. The van der Waals surface area contributed by atoms with Crippen LogP contribution < -0.4 is 5.32 Å². The first kappa shape index (κ1) is 18.9. The molecule has 140 valence electrons. The number of hydrogen-bond acceptors (Lipinski definition) is 3. The first-order chi connectivity index (χ1) is 12.5. The molecule has 0 spiro atoms. The lowest BCUT2D eigenvalue weighted by molar-refractivity contribution is -0.133. The number of nitrogens with zero attached hydrogens (tertiary/aromatic N) is 2. The fourth-order valence-electron chi connectivity index (χ4n) is 3.51. The lowest BCUT2D eigenvalue weighted by Gasteiger charge is -2.31. The Kier molecular flexibility index (Phi) is 6.29. The van der Waals surface area contributed by atoms with Gasteiger partial charge < -0.3 is 15.1 Å². The van der Waals surface area contributed by atoms with Crippen LogP contribution in [0.3, 0.4) is 0 Å². The molecule has 2 aliphatic heterocycles. The maximum absolute atomic E-state index is 12.5. The van der Waals surface area contributed by atoms with Crippen LogP contribution in [0, 0.1) is 5.92 Å². The summed E-state index contributed by atoms with van der Waals surface area (Å²) in [5.41, 5.74) is 0.660. The van der Waals surface area contributed by atoms with E-state index in [9.17, 15) is 14.4 Å². The number of rotatable bonds is 4. The SMILES string of the molecule is O=C(NCC(=O)N1CCCC1)C1CCN(C(=O)c2ccc(Br)cc2)CC1. The molecule has 0 radical (unpaired) electrons. The van der Waals surface area contributed by atoms with Crippen molar-refractivity contribution in [1.82, 2.24) is 15.1 Å². The molecule has 0 saturated carbocycles. The molecule has 2 aliphatic rings. The number of carbonyl (C=O) groups excluding carboxylic acids is 3. The standard InChI is InChI=1S/C19H24BrN3O3/c20-16-5-3-15(4-6-16)19(26)23-11-7-14(8-12-23)18(25)21-13-17(24)22-9-1-2-10-22/h3-6,14H,1-2,7-13H2,(H,21,25). The normalized spacial score (nSPS) is 18.0. The van der Waals surface area contributed by atoms with Crippen molar-refractivity contribution in [3.8, 4) is 0 Å². The Hall–Kier alpha value is -1.89. The van der Waals surface area contributed by atoms with E-state index in [-0.39, 0.29) is 30.2 Å². The molecule has 0 atom stereocenters. The summed E-state index contributed by atoms with van der Waals surface area (Å²) in [6.45, 7) is 2.80. The third-order valence-corrected chi connectivity index (χ3v) is 5.65. The van der Waals surface area contributed by atoms with Crippen molar-refractivity contribution in [2.75, 3.05) is 32.7 Å². The van der Waals surface area contributed by atoms with Crippen LogP contribution in [0.4, 0.5) is 0 Å². The summed E-state index contributed by atoms with van der Waals surface area (Å²) >= 11 is 3.36. The molecule has 3 amide bonds. The highest BCUT2D eigenvalue weighted by Gasteiger charge is 2.28. The van der Waals surface area contributed by atoms with Crippen LogP contribution in [0.1, 0.15) is 36.0 Å². The van der Waals surface area contributed by atoms with E-state index in [1.54, 1.807) is 21.9 Å². The molecule has 2 heterocycles. The zero-order valence-electron chi connectivity index (χ0n) is 14.7.